The number of rotatable bonds is 6. The summed E-state index contributed by atoms with van der Waals surface area (Å²) in [5.74, 6) is -0.227. The molecule has 36 heavy (non-hydrogen) atoms. The summed E-state index contributed by atoms with van der Waals surface area (Å²) in [4.78, 5) is 22.0. The van der Waals surface area contributed by atoms with Crippen molar-refractivity contribution >= 4 is 40.1 Å². The fraction of sp³-hybridized carbons (Fsp3) is 0.179. The lowest BCUT2D eigenvalue weighted by molar-refractivity contribution is -0.115. The van der Waals surface area contributed by atoms with Crippen molar-refractivity contribution in [2.75, 3.05) is 11.1 Å². The second kappa shape index (κ2) is 10.5. The fourth-order valence-corrected chi connectivity index (χ4v) is 4.86. The van der Waals surface area contributed by atoms with Crippen molar-refractivity contribution in [3.63, 3.8) is 0 Å². The second-order valence-corrected chi connectivity index (χ2v) is 9.61. The number of benzene rings is 2. The number of nitriles is 2. The van der Waals surface area contributed by atoms with Gasteiger partial charge >= 0.3 is 0 Å². The lowest BCUT2D eigenvalue weighted by atomic mass is 9.96. The van der Waals surface area contributed by atoms with E-state index < -0.39 is 5.25 Å². The molecule has 1 unspecified atom stereocenters. The van der Waals surface area contributed by atoms with Gasteiger partial charge in [-0.2, -0.15) is 10.5 Å². The number of fused-ring (bicyclic) bond motifs is 1. The van der Waals surface area contributed by atoms with Crippen LogP contribution in [0, 0.1) is 29.6 Å². The Morgan fingerprint density at radius 2 is 1.78 bits per heavy atom. The summed E-state index contributed by atoms with van der Waals surface area (Å²) >= 11 is 1.13. The Morgan fingerprint density at radius 3 is 2.44 bits per heavy atom. The third kappa shape index (κ3) is 4.86. The molecule has 4 rings (SSSR count). The van der Waals surface area contributed by atoms with E-state index in [1.165, 1.54) is 0 Å². The third-order valence-electron chi connectivity index (χ3n) is 5.83. The number of nitrogens with one attached hydrogen (secondary N) is 1. The molecule has 0 saturated carbocycles. The number of para-hydroxylation sites is 1. The van der Waals surface area contributed by atoms with Gasteiger partial charge in [-0.05, 0) is 43.5 Å². The number of pyridine rings is 2. The van der Waals surface area contributed by atoms with Crippen molar-refractivity contribution < 1.29 is 4.79 Å². The van der Waals surface area contributed by atoms with E-state index in [0.717, 1.165) is 40.3 Å². The molecule has 8 heteroatoms. The largest absolute Gasteiger partial charge is 0.383 e. The maximum absolute atomic E-state index is 13.2. The van der Waals surface area contributed by atoms with E-state index in [2.05, 4.69) is 34.3 Å². The summed E-state index contributed by atoms with van der Waals surface area (Å²) in [5.41, 5.74) is 11.0. The van der Waals surface area contributed by atoms with E-state index in [0.29, 0.717) is 21.8 Å². The van der Waals surface area contributed by atoms with Crippen LogP contribution in [0.1, 0.15) is 36.2 Å². The molecule has 0 aliphatic carbocycles. The van der Waals surface area contributed by atoms with Crippen molar-refractivity contribution in [1.82, 2.24) is 9.97 Å². The summed E-state index contributed by atoms with van der Waals surface area (Å²) in [5, 5.41) is 23.3. The number of carbonyl (C=O) groups is 1. The van der Waals surface area contributed by atoms with Crippen LogP contribution >= 0.6 is 11.8 Å². The normalized spacial score (nSPS) is 11.5. The Balaban J connectivity index is 1.69. The zero-order chi connectivity index (χ0) is 25.8. The quantitative estimate of drug-likeness (QED) is 0.335. The minimum absolute atomic E-state index is 0.0249. The Labute approximate surface area is 214 Å². The third-order valence-corrected chi connectivity index (χ3v) is 6.91. The first-order valence-electron chi connectivity index (χ1n) is 11.4. The number of hydrogen-bond donors (Lipinski definition) is 2. The number of nitrogens with zero attached hydrogens (tertiary/aromatic N) is 4. The minimum atomic E-state index is -0.598. The summed E-state index contributed by atoms with van der Waals surface area (Å²) in [6.07, 6.45) is 0.870. The molecule has 0 fully saturated rings. The first-order chi connectivity index (χ1) is 17.4. The predicted molar refractivity (Wildman–Crippen MR) is 143 cm³/mol. The number of anilines is 2. The fourth-order valence-electron chi connectivity index (χ4n) is 3.95. The zero-order valence-electron chi connectivity index (χ0n) is 20.2. The molecular formula is C28H24N6OS. The van der Waals surface area contributed by atoms with Crippen LogP contribution < -0.4 is 11.1 Å². The van der Waals surface area contributed by atoms with Crippen LogP contribution in [0.5, 0.6) is 0 Å². The Kier molecular flexibility index (Phi) is 7.19. The van der Waals surface area contributed by atoms with Gasteiger partial charge in [-0.1, -0.05) is 61.2 Å². The van der Waals surface area contributed by atoms with Gasteiger partial charge in [0.25, 0.3) is 0 Å². The van der Waals surface area contributed by atoms with Crippen molar-refractivity contribution in [2.45, 2.75) is 37.5 Å². The molecule has 0 saturated heterocycles. The van der Waals surface area contributed by atoms with Gasteiger partial charge in [0.1, 0.15) is 28.5 Å². The number of aromatic nitrogens is 2. The monoisotopic (exact) mass is 492 g/mol. The molecule has 4 aromatic rings. The highest BCUT2D eigenvalue weighted by Crippen LogP contribution is 2.37. The molecule has 178 valence electrons. The highest BCUT2D eigenvalue weighted by Gasteiger charge is 2.24. The number of nitrogens with two attached hydrogens (primary N) is 1. The maximum atomic E-state index is 13.2. The molecule has 0 bridgehead atoms. The summed E-state index contributed by atoms with van der Waals surface area (Å²) < 4.78 is 0. The van der Waals surface area contributed by atoms with Gasteiger partial charge in [-0.25, -0.2) is 4.98 Å². The highest BCUT2D eigenvalue weighted by molar-refractivity contribution is 8.00. The maximum Gasteiger partial charge on any atom is 0.237 e. The number of aryl methyl sites for hydroxylation is 2. The molecular weight excluding hydrogens is 468 g/mol. The molecule has 2 aromatic heterocycles. The topological polar surface area (TPSA) is 128 Å². The Hall–Kier alpha value is -4.40. The smallest absolute Gasteiger partial charge is 0.237 e. The van der Waals surface area contributed by atoms with Gasteiger partial charge in [-0.3, -0.25) is 9.78 Å². The summed E-state index contributed by atoms with van der Waals surface area (Å²) in [6.45, 7) is 5.67. The highest BCUT2D eigenvalue weighted by atomic mass is 32.2. The molecule has 3 N–H and O–H groups in total. The summed E-state index contributed by atoms with van der Waals surface area (Å²) in [7, 11) is 0. The first kappa shape index (κ1) is 24.7. The van der Waals surface area contributed by atoms with Gasteiger partial charge in [0.15, 0.2) is 0 Å². The molecule has 7 nitrogen and oxygen atoms in total. The van der Waals surface area contributed by atoms with E-state index >= 15 is 0 Å². The van der Waals surface area contributed by atoms with Crippen LogP contribution in [0.15, 0.2) is 59.6 Å². The van der Waals surface area contributed by atoms with Gasteiger partial charge in [0, 0.05) is 16.6 Å². The Morgan fingerprint density at radius 1 is 1.08 bits per heavy atom. The van der Waals surface area contributed by atoms with E-state index in [4.69, 9.17) is 5.73 Å². The number of thioether (sulfide) groups is 1. The number of hydrogen-bond acceptors (Lipinski definition) is 7. The van der Waals surface area contributed by atoms with Gasteiger partial charge in [-0.15, -0.1) is 0 Å². The van der Waals surface area contributed by atoms with Gasteiger partial charge < -0.3 is 11.1 Å². The molecule has 1 amide bonds. The van der Waals surface area contributed by atoms with E-state index in [1.807, 2.05) is 61.5 Å². The SMILES string of the molecule is CCc1ccc(-c2c(C#N)c(N)nc(SC(C)C(=O)Nc3cc(C)nc4ccccc34)c2C#N)cc1. The van der Waals surface area contributed by atoms with Crippen LogP contribution in [0.3, 0.4) is 0 Å². The minimum Gasteiger partial charge on any atom is -0.383 e. The lowest BCUT2D eigenvalue weighted by Gasteiger charge is -2.17. The molecule has 1 atom stereocenters. The molecule has 0 aliphatic heterocycles. The first-order valence-corrected chi connectivity index (χ1v) is 12.3. The van der Waals surface area contributed by atoms with Crippen molar-refractivity contribution in [1.29, 1.82) is 10.5 Å². The van der Waals surface area contributed by atoms with E-state index in [-0.39, 0.29) is 22.9 Å². The Bertz CT molecular complexity index is 1550. The van der Waals surface area contributed by atoms with E-state index in [9.17, 15) is 15.3 Å². The number of amides is 1. The second-order valence-electron chi connectivity index (χ2n) is 8.28. The number of carbonyl (C=O) groups excluding carboxylic acids is 1. The van der Waals surface area contributed by atoms with Crippen LogP contribution in [0.2, 0.25) is 0 Å². The zero-order valence-corrected chi connectivity index (χ0v) is 21.0. The molecule has 2 aromatic carbocycles. The lowest BCUT2D eigenvalue weighted by Crippen LogP contribution is -2.23. The standard InChI is InChI=1S/C28H24N6OS/c1-4-18-9-11-19(12-10-18)25-21(14-29)26(31)34-28(22(25)15-30)36-17(3)27(35)33-24-13-16(2)32-23-8-6-5-7-20(23)24/h5-13,17H,4H2,1-3H3,(H2,31,34)(H,32,33,35). The molecule has 2 heterocycles. The average molecular weight is 493 g/mol. The van der Waals surface area contributed by atoms with Gasteiger partial charge in [0.05, 0.1) is 22.0 Å². The van der Waals surface area contributed by atoms with Crippen LogP contribution in [0.4, 0.5) is 11.5 Å². The van der Waals surface area contributed by atoms with Crippen molar-refractivity contribution in [2.24, 2.45) is 0 Å². The molecule has 0 radical (unpaired) electrons. The van der Waals surface area contributed by atoms with Crippen LogP contribution in [-0.4, -0.2) is 21.1 Å². The number of nitrogen functional groups attached to an aromatic ring is 1. The predicted octanol–water partition coefficient (Wildman–Crippen LogP) is 5.61. The molecule has 0 aliphatic rings. The van der Waals surface area contributed by atoms with E-state index in [1.54, 1.807) is 6.92 Å². The van der Waals surface area contributed by atoms with Gasteiger partial charge in [0.2, 0.25) is 5.91 Å². The van der Waals surface area contributed by atoms with Crippen molar-refractivity contribution in [3.8, 4) is 23.3 Å². The average Bonchev–Trinajstić information content (AvgIpc) is 2.88. The van der Waals surface area contributed by atoms with Crippen LogP contribution in [0.25, 0.3) is 22.0 Å². The summed E-state index contributed by atoms with van der Waals surface area (Å²) in [6, 6.07) is 21.4. The van der Waals surface area contributed by atoms with Crippen molar-refractivity contribution in [3.05, 3.63) is 77.0 Å². The molecule has 0 spiro atoms. The van der Waals surface area contributed by atoms with Crippen LogP contribution in [-0.2, 0) is 11.2 Å².